The zero-order valence-electron chi connectivity index (χ0n) is 16.9. The number of likely N-dealkylation sites (tertiary alicyclic amines) is 1. The average Bonchev–Trinajstić information content (AvgIpc) is 3.02. The number of piperidine rings is 1. The van der Waals surface area contributed by atoms with Gasteiger partial charge in [-0.1, -0.05) is 20.8 Å². The molecule has 1 fully saturated rings. The van der Waals surface area contributed by atoms with Gasteiger partial charge in [-0.2, -0.15) is 0 Å². The predicted octanol–water partition coefficient (Wildman–Crippen LogP) is 2.94. The fraction of sp³-hybridized carbons (Fsp3) is 0.789. The molecule has 1 aliphatic rings. The minimum absolute atomic E-state index is 0. The predicted molar refractivity (Wildman–Crippen MR) is 120 cm³/mol. The highest BCUT2D eigenvalue weighted by Gasteiger charge is 2.14. The van der Waals surface area contributed by atoms with Gasteiger partial charge in [-0.3, -0.25) is 4.99 Å². The summed E-state index contributed by atoms with van der Waals surface area (Å²) < 4.78 is 2.21. The van der Waals surface area contributed by atoms with E-state index in [1.165, 1.54) is 32.5 Å². The Morgan fingerprint density at radius 2 is 2.04 bits per heavy atom. The molecule has 0 unspecified atom stereocenters. The first-order valence-electron chi connectivity index (χ1n) is 9.75. The number of aromatic nitrogens is 2. The van der Waals surface area contributed by atoms with Gasteiger partial charge < -0.3 is 20.1 Å². The number of aliphatic imine (C=N–C) groups is 1. The molecule has 0 spiro atoms. The summed E-state index contributed by atoms with van der Waals surface area (Å²) in [5, 5.41) is 6.79. The molecule has 0 amide bonds. The van der Waals surface area contributed by atoms with E-state index in [4.69, 9.17) is 0 Å². The van der Waals surface area contributed by atoms with Gasteiger partial charge in [0.25, 0.3) is 0 Å². The van der Waals surface area contributed by atoms with Gasteiger partial charge in [0.2, 0.25) is 0 Å². The number of nitrogens with one attached hydrogen (secondary N) is 2. The molecule has 0 aliphatic carbocycles. The van der Waals surface area contributed by atoms with Crippen molar-refractivity contribution >= 4 is 29.9 Å². The van der Waals surface area contributed by atoms with E-state index < -0.39 is 0 Å². The number of rotatable bonds is 8. The first-order valence-corrected chi connectivity index (χ1v) is 9.75. The summed E-state index contributed by atoms with van der Waals surface area (Å²) >= 11 is 0. The summed E-state index contributed by atoms with van der Waals surface area (Å²) in [5.41, 5.74) is 0. The monoisotopic (exact) mass is 476 g/mol. The number of hydrogen-bond donors (Lipinski definition) is 2. The molecule has 2 rings (SSSR count). The zero-order valence-corrected chi connectivity index (χ0v) is 19.2. The van der Waals surface area contributed by atoms with Gasteiger partial charge in [0.15, 0.2) is 5.96 Å². The van der Waals surface area contributed by atoms with Gasteiger partial charge >= 0.3 is 0 Å². The lowest BCUT2D eigenvalue weighted by atomic mass is 9.99. The summed E-state index contributed by atoms with van der Waals surface area (Å²) in [5.74, 6) is 3.43. The minimum atomic E-state index is 0. The van der Waals surface area contributed by atoms with Crippen molar-refractivity contribution in [2.24, 2.45) is 16.8 Å². The quantitative estimate of drug-likeness (QED) is 0.262. The number of nitrogens with zero attached hydrogens (tertiary/aromatic N) is 4. The molecule has 0 saturated carbocycles. The van der Waals surface area contributed by atoms with E-state index in [1.807, 2.05) is 19.4 Å². The molecule has 7 heteroatoms. The van der Waals surface area contributed by atoms with Crippen LogP contribution in [-0.2, 0) is 13.1 Å². The van der Waals surface area contributed by atoms with Crippen molar-refractivity contribution in [1.82, 2.24) is 25.1 Å². The molecule has 2 N–H and O–H groups in total. The molecule has 1 aliphatic heterocycles. The van der Waals surface area contributed by atoms with Gasteiger partial charge in [0, 0.05) is 32.5 Å². The summed E-state index contributed by atoms with van der Waals surface area (Å²) in [6, 6.07) is 0. The lowest BCUT2D eigenvalue weighted by Crippen LogP contribution is -2.39. The maximum atomic E-state index is 4.45. The third-order valence-corrected chi connectivity index (χ3v) is 4.82. The van der Waals surface area contributed by atoms with Crippen LogP contribution in [0, 0.1) is 11.8 Å². The topological polar surface area (TPSA) is 57.5 Å². The number of guanidine groups is 1. The molecule has 2 heterocycles. The van der Waals surface area contributed by atoms with E-state index in [9.17, 15) is 0 Å². The molecule has 0 bridgehead atoms. The molecular weight excluding hydrogens is 439 g/mol. The second-order valence-corrected chi connectivity index (χ2v) is 7.62. The van der Waals surface area contributed by atoms with Crippen LogP contribution in [-0.4, -0.2) is 53.6 Å². The maximum absolute atomic E-state index is 4.45. The second-order valence-electron chi connectivity index (χ2n) is 7.62. The van der Waals surface area contributed by atoms with E-state index in [0.717, 1.165) is 37.2 Å². The van der Waals surface area contributed by atoms with Gasteiger partial charge in [-0.15, -0.1) is 24.0 Å². The van der Waals surface area contributed by atoms with E-state index >= 15 is 0 Å². The Labute approximate surface area is 176 Å². The van der Waals surface area contributed by atoms with Crippen molar-refractivity contribution in [3.05, 3.63) is 18.2 Å². The lowest BCUT2D eigenvalue weighted by molar-refractivity contribution is 0.191. The van der Waals surface area contributed by atoms with Crippen LogP contribution < -0.4 is 10.6 Å². The van der Waals surface area contributed by atoms with Crippen LogP contribution in [0.2, 0.25) is 0 Å². The second kappa shape index (κ2) is 12.5. The minimum Gasteiger partial charge on any atom is -0.356 e. The van der Waals surface area contributed by atoms with Crippen molar-refractivity contribution < 1.29 is 0 Å². The van der Waals surface area contributed by atoms with Crippen molar-refractivity contribution in [1.29, 1.82) is 0 Å². The van der Waals surface area contributed by atoms with Gasteiger partial charge in [0.05, 0.1) is 6.54 Å². The Balaban J connectivity index is 0.00000338. The first kappa shape index (κ1) is 23.2. The smallest absolute Gasteiger partial charge is 0.191 e. The van der Waals surface area contributed by atoms with Crippen LogP contribution in [0.1, 0.15) is 45.9 Å². The summed E-state index contributed by atoms with van der Waals surface area (Å²) in [6.45, 7) is 13.1. The average molecular weight is 476 g/mol. The molecule has 26 heavy (non-hydrogen) atoms. The Morgan fingerprint density at radius 3 is 2.69 bits per heavy atom. The van der Waals surface area contributed by atoms with Crippen LogP contribution in [0.15, 0.2) is 17.4 Å². The van der Waals surface area contributed by atoms with Gasteiger partial charge in [-0.05, 0) is 50.7 Å². The molecule has 1 aromatic heterocycles. The van der Waals surface area contributed by atoms with Crippen molar-refractivity contribution in [2.75, 3.05) is 33.2 Å². The molecule has 150 valence electrons. The highest BCUT2D eigenvalue weighted by atomic mass is 127. The largest absolute Gasteiger partial charge is 0.356 e. The van der Waals surface area contributed by atoms with E-state index in [0.29, 0.717) is 12.5 Å². The Hall–Kier alpha value is -0.830. The van der Waals surface area contributed by atoms with Crippen LogP contribution >= 0.6 is 24.0 Å². The highest BCUT2D eigenvalue weighted by Crippen LogP contribution is 2.15. The number of halogens is 1. The standard InChI is InChI=1S/C19H36N6.HI/c1-16(2)15-25-13-9-21-18(25)14-23-19(20-4)22-8-5-10-24-11-6-17(3)7-12-24;/h9,13,16-17H,5-8,10-12,14-15H2,1-4H3,(H2,20,22,23);1H. The molecule has 0 atom stereocenters. The van der Waals surface area contributed by atoms with E-state index in [2.05, 4.69) is 50.8 Å². The van der Waals surface area contributed by atoms with Crippen molar-refractivity contribution in [3.8, 4) is 0 Å². The molecule has 0 radical (unpaired) electrons. The zero-order chi connectivity index (χ0) is 18.1. The van der Waals surface area contributed by atoms with E-state index in [-0.39, 0.29) is 24.0 Å². The first-order chi connectivity index (χ1) is 12.1. The molecule has 6 nitrogen and oxygen atoms in total. The van der Waals surface area contributed by atoms with Crippen LogP contribution in [0.25, 0.3) is 0 Å². The van der Waals surface area contributed by atoms with Gasteiger partial charge in [0.1, 0.15) is 5.82 Å². The van der Waals surface area contributed by atoms with E-state index in [1.54, 1.807) is 0 Å². The highest BCUT2D eigenvalue weighted by molar-refractivity contribution is 14.0. The Kier molecular flexibility index (Phi) is 11.2. The maximum Gasteiger partial charge on any atom is 0.191 e. The number of imidazole rings is 1. The van der Waals surface area contributed by atoms with Crippen LogP contribution in [0.5, 0.6) is 0 Å². The molecule has 1 aromatic rings. The summed E-state index contributed by atoms with van der Waals surface area (Å²) in [6.07, 6.45) is 7.76. The lowest BCUT2D eigenvalue weighted by Gasteiger charge is -2.30. The number of hydrogen-bond acceptors (Lipinski definition) is 3. The molecule has 1 saturated heterocycles. The third kappa shape index (κ3) is 8.24. The Bertz CT molecular complexity index is 520. The summed E-state index contributed by atoms with van der Waals surface area (Å²) in [4.78, 5) is 11.4. The van der Waals surface area contributed by atoms with Crippen molar-refractivity contribution in [3.63, 3.8) is 0 Å². The summed E-state index contributed by atoms with van der Waals surface area (Å²) in [7, 11) is 1.82. The van der Waals surface area contributed by atoms with Crippen molar-refractivity contribution in [2.45, 2.75) is 53.1 Å². The van der Waals surface area contributed by atoms with Crippen LogP contribution in [0.3, 0.4) is 0 Å². The van der Waals surface area contributed by atoms with Gasteiger partial charge in [-0.25, -0.2) is 4.98 Å². The fourth-order valence-electron chi connectivity index (χ4n) is 3.25. The van der Waals surface area contributed by atoms with Crippen LogP contribution in [0.4, 0.5) is 0 Å². The third-order valence-electron chi connectivity index (χ3n) is 4.82. The SMILES string of the molecule is CN=C(NCCCN1CCC(C)CC1)NCc1nccn1CC(C)C.I. The molecular formula is C19H37IN6. The normalized spacial score (nSPS) is 16.6. The Morgan fingerprint density at radius 1 is 1.31 bits per heavy atom. The fourth-order valence-corrected chi connectivity index (χ4v) is 3.25. The molecule has 0 aromatic carbocycles.